The maximum atomic E-state index is 12.6. The molecule has 112 valence electrons. The Morgan fingerprint density at radius 2 is 1.85 bits per heavy atom. The third-order valence-corrected chi connectivity index (χ3v) is 2.88. The first-order valence-corrected chi connectivity index (χ1v) is 6.52. The van der Waals surface area contributed by atoms with E-state index < -0.39 is 18.6 Å². The van der Waals surface area contributed by atoms with Crippen LogP contribution in [-0.2, 0) is 4.79 Å². The third kappa shape index (κ3) is 7.13. The number of nitrogens with one attached hydrogen (secondary N) is 1. The maximum Gasteiger partial charge on any atom is 0.390 e. The minimum absolute atomic E-state index is 0.261. The van der Waals surface area contributed by atoms with E-state index in [0.717, 1.165) is 0 Å². The Morgan fingerprint density at radius 1 is 1.20 bits per heavy atom. The molecule has 0 saturated carbocycles. The normalized spacial score (nSPS) is 13.2. The van der Waals surface area contributed by atoms with Crippen LogP contribution in [0.3, 0.4) is 0 Å². The lowest BCUT2D eigenvalue weighted by molar-refractivity contribution is -0.140. The molecule has 0 aliphatic heterocycles. The molecule has 1 aromatic carbocycles. The average Bonchev–Trinajstić information content (AvgIpc) is 2.36. The summed E-state index contributed by atoms with van der Waals surface area (Å²) in [5.41, 5.74) is 5.61. The topological polar surface area (TPSA) is 55.1 Å². The quantitative estimate of drug-likeness (QED) is 0.723. The van der Waals surface area contributed by atoms with Crippen LogP contribution in [0.1, 0.15) is 37.3 Å². The number of alkyl halides is 3. The second kappa shape index (κ2) is 7.89. The summed E-state index contributed by atoms with van der Waals surface area (Å²) in [6, 6.07) is 7.78. The second-order valence-corrected chi connectivity index (χ2v) is 4.66. The summed E-state index contributed by atoms with van der Waals surface area (Å²) in [5.74, 6) is -0.389. The molecule has 20 heavy (non-hydrogen) atoms. The van der Waals surface area contributed by atoms with Gasteiger partial charge in [0.05, 0.1) is 6.42 Å². The maximum absolute atomic E-state index is 12.6. The highest BCUT2D eigenvalue weighted by molar-refractivity contribution is 5.73. The number of carbonyl (C=O) groups excluding carboxylic acids is 1. The zero-order chi connectivity index (χ0) is 15.0. The van der Waals surface area contributed by atoms with Crippen LogP contribution in [0.4, 0.5) is 13.2 Å². The van der Waals surface area contributed by atoms with Gasteiger partial charge in [0.15, 0.2) is 0 Å². The molecular formula is C14H19F3N2O. The molecule has 0 aromatic heterocycles. The van der Waals surface area contributed by atoms with Crippen molar-refractivity contribution in [1.29, 1.82) is 0 Å². The van der Waals surface area contributed by atoms with Gasteiger partial charge in [-0.25, -0.2) is 0 Å². The Morgan fingerprint density at radius 3 is 2.40 bits per heavy atom. The summed E-state index contributed by atoms with van der Waals surface area (Å²) in [6.45, 7) is 0.420. The van der Waals surface area contributed by atoms with E-state index in [2.05, 4.69) is 5.32 Å². The number of hydrogen-bond acceptors (Lipinski definition) is 2. The highest BCUT2D eigenvalue weighted by Gasteiger charge is 2.32. The van der Waals surface area contributed by atoms with Crippen LogP contribution >= 0.6 is 0 Å². The lowest BCUT2D eigenvalue weighted by Crippen LogP contribution is -2.27. The monoisotopic (exact) mass is 288 g/mol. The number of hydrogen-bond donors (Lipinski definition) is 2. The van der Waals surface area contributed by atoms with Crippen LogP contribution in [0, 0.1) is 0 Å². The summed E-state index contributed by atoms with van der Waals surface area (Å²) in [5, 5.41) is 2.89. The molecule has 1 amide bonds. The van der Waals surface area contributed by atoms with Crippen molar-refractivity contribution in [3.8, 4) is 0 Å². The van der Waals surface area contributed by atoms with E-state index in [0.29, 0.717) is 24.9 Å². The largest absolute Gasteiger partial charge is 0.390 e. The van der Waals surface area contributed by atoms with Crippen LogP contribution in [0.15, 0.2) is 30.3 Å². The molecule has 1 aromatic rings. The number of unbranched alkanes of at least 4 members (excludes halogenated alkanes) is 1. The van der Waals surface area contributed by atoms with Gasteiger partial charge in [-0.1, -0.05) is 30.3 Å². The fourth-order valence-electron chi connectivity index (χ4n) is 1.93. The van der Waals surface area contributed by atoms with E-state index in [1.165, 1.54) is 0 Å². The van der Waals surface area contributed by atoms with E-state index >= 15 is 0 Å². The lowest BCUT2D eigenvalue weighted by atomic mass is 10.0. The van der Waals surface area contributed by atoms with Crippen molar-refractivity contribution in [3.05, 3.63) is 35.9 Å². The molecule has 0 saturated heterocycles. The fraction of sp³-hybridized carbons (Fsp3) is 0.500. The van der Waals surface area contributed by atoms with Gasteiger partial charge in [0.2, 0.25) is 5.91 Å². The standard InChI is InChI=1S/C14H19F3N2O/c15-14(16,17)10-12(11-6-2-1-3-7-11)19-9-5-4-8-13(18)20/h1-3,6-7,12,19H,4-5,8-10H2,(H2,18,20). The van der Waals surface area contributed by atoms with Gasteiger partial charge < -0.3 is 11.1 Å². The smallest absolute Gasteiger partial charge is 0.370 e. The molecule has 0 aliphatic rings. The molecule has 0 radical (unpaired) electrons. The van der Waals surface area contributed by atoms with Crippen molar-refractivity contribution < 1.29 is 18.0 Å². The molecule has 1 unspecified atom stereocenters. The molecule has 1 rings (SSSR count). The van der Waals surface area contributed by atoms with Crippen LogP contribution in [0.25, 0.3) is 0 Å². The fourth-order valence-corrected chi connectivity index (χ4v) is 1.93. The van der Waals surface area contributed by atoms with E-state index in [4.69, 9.17) is 5.73 Å². The molecular weight excluding hydrogens is 269 g/mol. The van der Waals surface area contributed by atoms with Crippen molar-refractivity contribution in [2.45, 2.75) is 37.9 Å². The number of primary amides is 1. The Labute approximate surface area is 116 Å². The van der Waals surface area contributed by atoms with E-state index in [1.807, 2.05) is 0 Å². The van der Waals surface area contributed by atoms with Gasteiger partial charge >= 0.3 is 6.18 Å². The molecule has 1 atom stereocenters. The number of rotatable bonds is 8. The molecule has 0 heterocycles. The number of halogens is 3. The van der Waals surface area contributed by atoms with Gasteiger partial charge in [-0.3, -0.25) is 4.79 Å². The second-order valence-electron chi connectivity index (χ2n) is 4.66. The Kier molecular flexibility index (Phi) is 6.51. The van der Waals surface area contributed by atoms with Crippen LogP contribution in [0.5, 0.6) is 0 Å². The average molecular weight is 288 g/mol. The molecule has 6 heteroatoms. The predicted octanol–water partition coefficient (Wildman–Crippen LogP) is 2.93. The van der Waals surface area contributed by atoms with Crippen molar-refractivity contribution >= 4 is 5.91 Å². The van der Waals surface area contributed by atoms with Gasteiger partial charge in [0.25, 0.3) is 0 Å². The predicted molar refractivity (Wildman–Crippen MR) is 70.9 cm³/mol. The zero-order valence-electron chi connectivity index (χ0n) is 11.1. The number of amides is 1. The zero-order valence-corrected chi connectivity index (χ0v) is 11.1. The van der Waals surface area contributed by atoms with Gasteiger partial charge in [-0.15, -0.1) is 0 Å². The summed E-state index contributed by atoms with van der Waals surface area (Å²) >= 11 is 0. The third-order valence-electron chi connectivity index (χ3n) is 2.88. The molecule has 0 aliphatic carbocycles. The summed E-state index contributed by atoms with van der Waals surface area (Å²) in [4.78, 5) is 10.6. The molecule has 0 bridgehead atoms. The lowest BCUT2D eigenvalue weighted by Gasteiger charge is -2.20. The number of carbonyl (C=O) groups is 1. The van der Waals surface area contributed by atoms with Crippen molar-refractivity contribution in [2.24, 2.45) is 5.73 Å². The van der Waals surface area contributed by atoms with Crippen molar-refractivity contribution in [2.75, 3.05) is 6.54 Å². The molecule has 0 fully saturated rings. The van der Waals surface area contributed by atoms with Gasteiger partial charge in [-0.2, -0.15) is 13.2 Å². The van der Waals surface area contributed by atoms with Gasteiger partial charge in [0, 0.05) is 12.5 Å². The van der Waals surface area contributed by atoms with Crippen LogP contribution in [0.2, 0.25) is 0 Å². The highest BCUT2D eigenvalue weighted by Crippen LogP contribution is 2.29. The minimum atomic E-state index is -4.22. The van der Waals surface area contributed by atoms with Crippen LogP contribution < -0.4 is 11.1 Å². The van der Waals surface area contributed by atoms with E-state index in [1.54, 1.807) is 30.3 Å². The summed E-state index contributed by atoms with van der Waals surface area (Å²) < 4.78 is 37.7. The van der Waals surface area contributed by atoms with E-state index in [9.17, 15) is 18.0 Å². The molecule has 0 spiro atoms. The Bertz CT molecular complexity index is 407. The van der Waals surface area contributed by atoms with Gasteiger partial charge in [0.1, 0.15) is 0 Å². The van der Waals surface area contributed by atoms with Crippen molar-refractivity contribution in [3.63, 3.8) is 0 Å². The minimum Gasteiger partial charge on any atom is -0.370 e. The summed E-state index contributed by atoms with van der Waals surface area (Å²) in [6.07, 6.45) is -3.68. The SMILES string of the molecule is NC(=O)CCCCNC(CC(F)(F)F)c1ccccc1. The Hall–Kier alpha value is -1.56. The van der Waals surface area contributed by atoms with Gasteiger partial charge in [-0.05, 0) is 24.9 Å². The first kappa shape index (κ1) is 16.5. The number of nitrogens with two attached hydrogens (primary N) is 1. The summed E-state index contributed by atoms with van der Waals surface area (Å²) in [7, 11) is 0. The van der Waals surface area contributed by atoms with Crippen molar-refractivity contribution in [1.82, 2.24) is 5.32 Å². The number of benzene rings is 1. The molecule has 3 nitrogen and oxygen atoms in total. The highest BCUT2D eigenvalue weighted by atomic mass is 19.4. The first-order chi connectivity index (χ1) is 9.38. The molecule has 3 N–H and O–H groups in total. The van der Waals surface area contributed by atoms with Crippen LogP contribution in [-0.4, -0.2) is 18.6 Å². The Balaban J connectivity index is 2.49. The van der Waals surface area contributed by atoms with E-state index in [-0.39, 0.29) is 12.3 Å². The first-order valence-electron chi connectivity index (χ1n) is 6.52.